The third-order valence-corrected chi connectivity index (χ3v) is 11.6. The van der Waals surface area contributed by atoms with Crippen LogP contribution in [0.4, 0.5) is 0 Å². The highest BCUT2D eigenvalue weighted by Crippen LogP contribution is 2.17. The Morgan fingerprint density at radius 3 is 1.39 bits per heavy atom. The van der Waals surface area contributed by atoms with Gasteiger partial charge in [0, 0.05) is 6.42 Å². The van der Waals surface area contributed by atoms with E-state index in [1.54, 1.807) is 0 Å². The first kappa shape index (κ1) is 58.6. The molecule has 0 spiro atoms. The molecule has 6 heteroatoms. The first-order valence-corrected chi connectivity index (χ1v) is 26.0. The Hall–Kier alpha value is -2.44. The van der Waals surface area contributed by atoms with Crippen molar-refractivity contribution in [2.24, 2.45) is 0 Å². The molecular weight excluding hydrogens is 755 g/mol. The van der Waals surface area contributed by atoms with Gasteiger partial charge in [0.2, 0.25) is 5.91 Å². The summed E-state index contributed by atoms with van der Waals surface area (Å²) in [5.74, 6) is -0.508. The smallest absolute Gasteiger partial charge is 0.306 e. The van der Waals surface area contributed by atoms with Gasteiger partial charge in [-0.15, -0.1) is 0 Å². The third-order valence-electron chi connectivity index (χ3n) is 11.6. The minimum absolute atomic E-state index is 0.0568. The molecule has 3 N–H and O–H groups in total. The van der Waals surface area contributed by atoms with Gasteiger partial charge in [-0.05, 0) is 89.9 Å². The van der Waals surface area contributed by atoms with Crippen molar-refractivity contribution < 1.29 is 24.5 Å². The van der Waals surface area contributed by atoms with Crippen molar-refractivity contribution in [3.05, 3.63) is 60.8 Å². The standard InChI is InChI=1S/C55H99NO5/c1-4-7-10-13-16-19-22-24-26-27-29-30-32-34-37-40-43-46-51(61-55(60)48-45-42-39-36-33-31-28-25-23-20-17-14-11-8-5-2)49-54(59)56-52(50-57)53(58)47-44-41-38-35-21-18-15-12-9-6-3/h16-17,19-20,23-26,29-30,51-53,57-58H,4-15,18,21-22,27-28,31-50H2,1-3H3,(H,56,59)/b19-16-,20-17+,25-23+,26-24-,30-29-. The Morgan fingerprint density at radius 1 is 0.492 bits per heavy atom. The number of rotatable bonds is 46. The van der Waals surface area contributed by atoms with E-state index in [0.29, 0.717) is 19.3 Å². The van der Waals surface area contributed by atoms with Crippen LogP contribution in [0.25, 0.3) is 0 Å². The average Bonchev–Trinajstić information content (AvgIpc) is 3.25. The van der Waals surface area contributed by atoms with Crippen molar-refractivity contribution in [1.82, 2.24) is 5.32 Å². The first-order valence-electron chi connectivity index (χ1n) is 26.0. The molecule has 0 rings (SSSR count). The fourth-order valence-electron chi connectivity index (χ4n) is 7.60. The fraction of sp³-hybridized carbons (Fsp3) is 0.782. The number of aliphatic hydroxyl groups excluding tert-OH is 2. The van der Waals surface area contributed by atoms with Crippen LogP contribution in [-0.4, -0.2) is 46.9 Å². The van der Waals surface area contributed by atoms with Gasteiger partial charge in [-0.25, -0.2) is 0 Å². The van der Waals surface area contributed by atoms with E-state index in [1.165, 1.54) is 116 Å². The number of nitrogens with one attached hydrogen (secondary N) is 1. The molecule has 0 saturated heterocycles. The molecule has 0 aromatic rings. The minimum Gasteiger partial charge on any atom is -0.462 e. The maximum atomic E-state index is 13.2. The molecule has 0 bridgehead atoms. The van der Waals surface area contributed by atoms with Crippen molar-refractivity contribution in [3.8, 4) is 0 Å². The first-order chi connectivity index (χ1) is 30.0. The van der Waals surface area contributed by atoms with Gasteiger partial charge < -0.3 is 20.3 Å². The van der Waals surface area contributed by atoms with E-state index >= 15 is 0 Å². The molecular formula is C55H99NO5. The maximum Gasteiger partial charge on any atom is 0.306 e. The zero-order valence-corrected chi connectivity index (χ0v) is 40.3. The van der Waals surface area contributed by atoms with Crippen molar-refractivity contribution in [2.45, 2.75) is 270 Å². The molecule has 0 aliphatic rings. The molecule has 0 aromatic carbocycles. The van der Waals surface area contributed by atoms with Gasteiger partial charge >= 0.3 is 5.97 Å². The van der Waals surface area contributed by atoms with E-state index in [0.717, 1.165) is 89.9 Å². The molecule has 0 saturated carbocycles. The number of hydrogen-bond donors (Lipinski definition) is 3. The van der Waals surface area contributed by atoms with Crippen LogP contribution in [0, 0.1) is 0 Å². The molecule has 0 radical (unpaired) electrons. The lowest BCUT2D eigenvalue weighted by atomic mass is 10.0. The zero-order valence-electron chi connectivity index (χ0n) is 40.3. The summed E-state index contributed by atoms with van der Waals surface area (Å²) >= 11 is 0. The molecule has 3 unspecified atom stereocenters. The number of carbonyl (C=O) groups excluding carboxylic acids is 2. The van der Waals surface area contributed by atoms with Gasteiger partial charge in [0.15, 0.2) is 0 Å². The normalized spacial score (nSPS) is 13.7. The zero-order chi connectivity index (χ0) is 44.5. The number of ether oxygens (including phenoxy) is 1. The summed E-state index contributed by atoms with van der Waals surface area (Å²) in [6.45, 7) is 6.41. The second-order valence-electron chi connectivity index (χ2n) is 17.6. The highest BCUT2D eigenvalue weighted by atomic mass is 16.5. The Morgan fingerprint density at radius 2 is 0.885 bits per heavy atom. The average molecular weight is 854 g/mol. The molecule has 0 heterocycles. The maximum absolute atomic E-state index is 13.2. The number of aliphatic hydroxyl groups is 2. The fourth-order valence-corrected chi connectivity index (χ4v) is 7.60. The van der Waals surface area contributed by atoms with Gasteiger partial charge in [0.05, 0.1) is 25.2 Å². The summed E-state index contributed by atoms with van der Waals surface area (Å²) in [4.78, 5) is 26.1. The van der Waals surface area contributed by atoms with Gasteiger partial charge in [0.1, 0.15) is 6.10 Å². The van der Waals surface area contributed by atoms with Gasteiger partial charge in [-0.3, -0.25) is 9.59 Å². The number of allylic oxidation sites excluding steroid dienone is 10. The van der Waals surface area contributed by atoms with Gasteiger partial charge in [-0.1, -0.05) is 210 Å². The molecule has 6 nitrogen and oxygen atoms in total. The minimum atomic E-state index is -0.796. The predicted octanol–water partition coefficient (Wildman–Crippen LogP) is 15.6. The van der Waals surface area contributed by atoms with Crippen LogP contribution < -0.4 is 5.32 Å². The molecule has 0 aliphatic heterocycles. The Labute approximate surface area is 378 Å². The van der Waals surface area contributed by atoms with Crippen molar-refractivity contribution in [1.29, 1.82) is 0 Å². The Kier molecular flexibility index (Phi) is 46.6. The van der Waals surface area contributed by atoms with E-state index in [2.05, 4.69) is 86.8 Å². The summed E-state index contributed by atoms with van der Waals surface area (Å²) < 4.78 is 5.92. The third kappa shape index (κ3) is 44.0. The summed E-state index contributed by atoms with van der Waals surface area (Å²) in [6.07, 6.45) is 59.9. The number of unbranched alkanes of at least 4 members (excludes halogenated alkanes) is 25. The quantitative estimate of drug-likeness (QED) is 0.0245. The van der Waals surface area contributed by atoms with Crippen LogP contribution >= 0.6 is 0 Å². The lowest BCUT2D eigenvalue weighted by molar-refractivity contribution is -0.151. The van der Waals surface area contributed by atoms with Crippen LogP contribution in [0.1, 0.15) is 252 Å². The summed E-state index contributed by atoms with van der Waals surface area (Å²) in [6, 6.07) is -0.712. The Bertz CT molecular complexity index is 1090. The van der Waals surface area contributed by atoms with Crippen LogP contribution in [0.15, 0.2) is 60.8 Å². The highest BCUT2D eigenvalue weighted by Gasteiger charge is 2.24. The monoisotopic (exact) mass is 854 g/mol. The summed E-state index contributed by atoms with van der Waals surface area (Å²) in [5.41, 5.74) is 0. The number of carbonyl (C=O) groups is 2. The SMILES string of the molecule is CCCCC/C=C\C/C=C\C/C=C\CCCCCCC(CC(=O)NC(CO)C(O)CCCCCCCCCCCC)OC(=O)CCCCCCCC/C=C/C=C/CCCCC. The van der Waals surface area contributed by atoms with Crippen LogP contribution in [0.2, 0.25) is 0 Å². The molecule has 354 valence electrons. The lowest BCUT2D eigenvalue weighted by Crippen LogP contribution is -2.46. The van der Waals surface area contributed by atoms with Crippen molar-refractivity contribution in [2.75, 3.05) is 6.61 Å². The van der Waals surface area contributed by atoms with Crippen LogP contribution in [-0.2, 0) is 14.3 Å². The summed E-state index contributed by atoms with van der Waals surface area (Å²) in [7, 11) is 0. The molecule has 0 fully saturated rings. The van der Waals surface area contributed by atoms with Gasteiger partial charge in [0.25, 0.3) is 0 Å². The van der Waals surface area contributed by atoms with Crippen LogP contribution in [0.5, 0.6) is 0 Å². The molecule has 0 aromatic heterocycles. The molecule has 1 amide bonds. The van der Waals surface area contributed by atoms with Crippen molar-refractivity contribution >= 4 is 11.9 Å². The topological polar surface area (TPSA) is 95.9 Å². The predicted molar refractivity (Wildman–Crippen MR) is 264 cm³/mol. The van der Waals surface area contributed by atoms with E-state index < -0.39 is 18.2 Å². The number of hydrogen-bond acceptors (Lipinski definition) is 5. The molecule has 3 atom stereocenters. The molecule has 61 heavy (non-hydrogen) atoms. The van der Waals surface area contributed by atoms with E-state index in [9.17, 15) is 19.8 Å². The second-order valence-corrected chi connectivity index (χ2v) is 17.6. The number of esters is 1. The lowest BCUT2D eigenvalue weighted by Gasteiger charge is -2.24. The van der Waals surface area contributed by atoms with Crippen LogP contribution in [0.3, 0.4) is 0 Å². The van der Waals surface area contributed by atoms with E-state index in [4.69, 9.17) is 4.74 Å². The summed E-state index contributed by atoms with van der Waals surface area (Å²) in [5, 5.41) is 23.7. The highest BCUT2D eigenvalue weighted by molar-refractivity contribution is 5.77. The van der Waals surface area contributed by atoms with E-state index in [-0.39, 0.29) is 24.9 Å². The Balaban J connectivity index is 4.66. The number of amides is 1. The van der Waals surface area contributed by atoms with E-state index in [1.807, 2.05) is 0 Å². The largest absolute Gasteiger partial charge is 0.462 e. The van der Waals surface area contributed by atoms with Crippen molar-refractivity contribution in [3.63, 3.8) is 0 Å². The second kappa shape index (κ2) is 48.6. The van der Waals surface area contributed by atoms with Gasteiger partial charge in [-0.2, -0.15) is 0 Å². The molecule has 0 aliphatic carbocycles.